The molecule has 2 aromatic rings. The van der Waals surface area contributed by atoms with Crippen LogP contribution in [0.5, 0.6) is 5.75 Å². The average Bonchev–Trinajstić information content (AvgIpc) is 3.05. The first-order valence-corrected chi connectivity index (χ1v) is 11.1. The van der Waals surface area contributed by atoms with Gasteiger partial charge in [-0.3, -0.25) is 9.59 Å². The average molecular weight is 458 g/mol. The topological polar surface area (TPSA) is 76.1 Å². The van der Waals surface area contributed by atoms with Crippen LogP contribution >= 0.6 is 11.6 Å². The fourth-order valence-corrected chi connectivity index (χ4v) is 3.83. The number of ether oxygens (including phenoxy) is 2. The van der Waals surface area contributed by atoms with Crippen molar-refractivity contribution < 1.29 is 24.2 Å². The predicted octanol–water partition coefficient (Wildman–Crippen LogP) is 4.98. The number of carbonyl (C=O) groups excluding carboxylic acids is 2. The normalized spacial score (nSPS) is 17.7. The lowest BCUT2D eigenvalue weighted by Crippen LogP contribution is -2.31. The van der Waals surface area contributed by atoms with E-state index in [9.17, 15) is 14.7 Å². The van der Waals surface area contributed by atoms with Gasteiger partial charge in [0.15, 0.2) is 0 Å². The van der Waals surface area contributed by atoms with E-state index in [1.165, 1.54) is 4.90 Å². The molecule has 1 fully saturated rings. The zero-order valence-electron chi connectivity index (χ0n) is 18.3. The molecule has 3 rings (SSSR count). The second-order valence-corrected chi connectivity index (χ2v) is 8.06. The van der Waals surface area contributed by atoms with Crippen LogP contribution in [-0.2, 0) is 14.3 Å². The third-order valence-corrected chi connectivity index (χ3v) is 5.60. The Morgan fingerprint density at radius 2 is 1.84 bits per heavy atom. The molecule has 170 valence electrons. The zero-order chi connectivity index (χ0) is 23.1. The summed E-state index contributed by atoms with van der Waals surface area (Å²) >= 11 is 6.04. The molecule has 0 saturated carbocycles. The van der Waals surface area contributed by atoms with Gasteiger partial charge in [-0.15, -0.1) is 0 Å². The van der Waals surface area contributed by atoms with Gasteiger partial charge in [-0.1, -0.05) is 49.2 Å². The van der Waals surface area contributed by atoms with Crippen molar-refractivity contribution in [2.75, 3.05) is 26.9 Å². The zero-order valence-corrected chi connectivity index (χ0v) is 19.1. The number of aliphatic hydroxyl groups is 1. The smallest absolute Gasteiger partial charge is 0.295 e. The minimum absolute atomic E-state index is 0.0560. The molecule has 0 aromatic heterocycles. The van der Waals surface area contributed by atoms with Crippen molar-refractivity contribution in [1.29, 1.82) is 0 Å². The highest BCUT2D eigenvalue weighted by Crippen LogP contribution is 2.40. The predicted molar refractivity (Wildman–Crippen MR) is 124 cm³/mol. The Hall–Kier alpha value is -2.83. The van der Waals surface area contributed by atoms with E-state index in [1.807, 2.05) is 0 Å². The lowest BCUT2D eigenvalue weighted by molar-refractivity contribution is -0.140. The largest absolute Gasteiger partial charge is 0.507 e. The fourth-order valence-electron chi connectivity index (χ4n) is 3.70. The second-order valence-electron chi connectivity index (χ2n) is 7.62. The summed E-state index contributed by atoms with van der Waals surface area (Å²) in [5, 5.41) is 11.7. The summed E-state index contributed by atoms with van der Waals surface area (Å²) in [5.74, 6) is -0.978. The van der Waals surface area contributed by atoms with Gasteiger partial charge < -0.3 is 19.5 Å². The second kappa shape index (κ2) is 11.2. The van der Waals surface area contributed by atoms with Gasteiger partial charge in [-0.25, -0.2) is 0 Å². The van der Waals surface area contributed by atoms with Crippen LogP contribution in [0.3, 0.4) is 0 Å². The molecule has 1 N–H and O–H groups in total. The fraction of sp³-hybridized carbons (Fsp3) is 0.360. The summed E-state index contributed by atoms with van der Waals surface area (Å²) in [5.41, 5.74) is 1.18. The molecule has 1 amide bonds. The molecule has 32 heavy (non-hydrogen) atoms. The van der Waals surface area contributed by atoms with Crippen LogP contribution in [0, 0.1) is 0 Å². The third kappa shape index (κ3) is 5.31. The highest BCUT2D eigenvalue weighted by atomic mass is 35.5. The number of ketones is 1. The van der Waals surface area contributed by atoms with Crippen molar-refractivity contribution in [1.82, 2.24) is 4.90 Å². The number of methoxy groups -OCH3 is 1. The minimum atomic E-state index is -0.714. The van der Waals surface area contributed by atoms with Crippen LogP contribution in [0.1, 0.15) is 43.4 Å². The molecule has 2 aromatic carbocycles. The Labute approximate surface area is 193 Å². The number of halogens is 1. The molecule has 0 bridgehead atoms. The van der Waals surface area contributed by atoms with Crippen LogP contribution in [0.15, 0.2) is 54.1 Å². The maximum atomic E-state index is 13.0. The van der Waals surface area contributed by atoms with Crippen molar-refractivity contribution in [3.8, 4) is 5.75 Å². The van der Waals surface area contributed by atoms with Gasteiger partial charge in [0.2, 0.25) is 0 Å². The Balaban J connectivity index is 2.03. The number of carbonyl (C=O) groups is 2. The maximum Gasteiger partial charge on any atom is 0.295 e. The Morgan fingerprint density at radius 3 is 2.53 bits per heavy atom. The van der Waals surface area contributed by atoms with Crippen LogP contribution in [0.25, 0.3) is 5.76 Å². The molecule has 1 aliphatic heterocycles. The molecule has 1 unspecified atom stereocenters. The summed E-state index contributed by atoms with van der Waals surface area (Å²) in [6.45, 7) is 3.42. The highest BCUT2D eigenvalue weighted by Gasteiger charge is 2.45. The van der Waals surface area contributed by atoms with E-state index in [0.29, 0.717) is 48.1 Å². The van der Waals surface area contributed by atoms with Crippen molar-refractivity contribution in [3.63, 3.8) is 0 Å². The number of amides is 1. The van der Waals surface area contributed by atoms with Crippen LogP contribution < -0.4 is 4.74 Å². The molecule has 1 saturated heterocycles. The van der Waals surface area contributed by atoms with Crippen molar-refractivity contribution in [2.45, 2.75) is 32.2 Å². The number of unbranched alkanes of at least 4 members (excludes halogenated alkanes) is 1. The van der Waals surface area contributed by atoms with Gasteiger partial charge in [-0.2, -0.15) is 0 Å². The summed E-state index contributed by atoms with van der Waals surface area (Å²) < 4.78 is 10.8. The number of hydrogen-bond acceptors (Lipinski definition) is 5. The number of benzene rings is 2. The van der Waals surface area contributed by atoms with E-state index >= 15 is 0 Å². The third-order valence-electron chi connectivity index (χ3n) is 5.35. The quantitative estimate of drug-likeness (QED) is 0.236. The molecule has 0 radical (unpaired) electrons. The first-order valence-electron chi connectivity index (χ1n) is 10.7. The first kappa shape index (κ1) is 23.8. The lowest BCUT2D eigenvalue weighted by Gasteiger charge is -2.25. The van der Waals surface area contributed by atoms with E-state index in [1.54, 1.807) is 55.6 Å². The molecule has 1 atom stereocenters. The van der Waals surface area contributed by atoms with E-state index in [0.717, 1.165) is 12.8 Å². The number of Topliss-reactive ketones (excluding diaryl/α,β-unsaturated/α-hetero) is 1. The molecule has 1 aliphatic rings. The number of likely N-dealkylation sites (tertiary alicyclic amines) is 1. The summed E-state index contributed by atoms with van der Waals surface area (Å²) in [4.78, 5) is 27.4. The van der Waals surface area contributed by atoms with Gasteiger partial charge in [0.05, 0.1) is 18.2 Å². The van der Waals surface area contributed by atoms with Crippen LogP contribution in [0.4, 0.5) is 0 Å². The van der Waals surface area contributed by atoms with E-state index < -0.39 is 17.7 Å². The molecule has 0 spiro atoms. The number of nitrogens with zero attached hydrogens (tertiary/aromatic N) is 1. The van der Waals surface area contributed by atoms with Crippen molar-refractivity contribution >= 4 is 29.1 Å². The number of aliphatic hydroxyl groups excluding tert-OH is 1. The summed E-state index contributed by atoms with van der Waals surface area (Å²) in [6.07, 6.45) is 2.49. The summed E-state index contributed by atoms with van der Waals surface area (Å²) in [7, 11) is 1.58. The number of hydrogen-bond donors (Lipinski definition) is 1. The van der Waals surface area contributed by atoms with Gasteiger partial charge in [0, 0.05) is 30.8 Å². The Bertz CT molecular complexity index is 986. The Morgan fingerprint density at radius 1 is 1.09 bits per heavy atom. The lowest BCUT2D eigenvalue weighted by atomic mass is 9.95. The minimum Gasteiger partial charge on any atom is -0.507 e. The standard InChI is InChI=1S/C25H28ClNO5/c1-3-4-15-32-20-8-5-7-18(16-20)23(28)21-22(17-9-11-19(26)12-10-17)27(13-6-14-31-2)25(30)24(21)29/h5,7-12,16,22,28H,3-4,6,13-15H2,1-2H3/b23-21+. The molecule has 0 aliphatic carbocycles. The molecular formula is C25H28ClNO5. The Kier molecular flexibility index (Phi) is 8.31. The van der Waals surface area contributed by atoms with Gasteiger partial charge in [-0.05, 0) is 42.7 Å². The SMILES string of the molecule is CCCCOc1cccc(/C(O)=C2\C(=O)C(=O)N(CCCOC)C2c2ccc(Cl)cc2)c1. The molecule has 7 heteroatoms. The molecule has 1 heterocycles. The molecule has 6 nitrogen and oxygen atoms in total. The van der Waals surface area contributed by atoms with E-state index in [-0.39, 0.29) is 11.3 Å². The highest BCUT2D eigenvalue weighted by molar-refractivity contribution is 6.46. The molecular weight excluding hydrogens is 430 g/mol. The van der Waals surface area contributed by atoms with Crippen molar-refractivity contribution in [3.05, 3.63) is 70.3 Å². The van der Waals surface area contributed by atoms with E-state index in [2.05, 4.69) is 6.92 Å². The van der Waals surface area contributed by atoms with Crippen LogP contribution in [-0.4, -0.2) is 48.6 Å². The monoisotopic (exact) mass is 457 g/mol. The van der Waals surface area contributed by atoms with Gasteiger partial charge in [0.25, 0.3) is 11.7 Å². The maximum absolute atomic E-state index is 13.0. The number of rotatable bonds is 10. The van der Waals surface area contributed by atoms with Gasteiger partial charge in [0.1, 0.15) is 11.5 Å². The van der Waals surface area contributed by atoms with E-state index in [4.69, 9.17) is 21.1 Å². The van der Waals surface area contributed by atoms with Crippen LogP contribution in [0.2, 0.25) is 5.02 Å². The van der Waals surface area contributed by atoms with Crippen molar-refractivity contribution in [2.24, 2.45) is 0 Å². The first-order chi connectivity index (χ1) is 15.5. The van der Waals surface area contributed by atoms with Gasteiger partial charge >= 0.3 is 0 Å². The summed E-state index contributed by atoms with van der Waals surface area (Å²) in [6, 6.07) is 13.1.